The lowest BCUT2D eigenvalue weighted by atomic mass is 10.2. The van der Waals surface area contributed by atoms with Gasteiger partial charge in [0.05, 0.1) is 26.5 Å². The van der Waals surface area contributed by atoms with E-state index in [1.165, 1.54) is 23.0 Å². The molecule has 0 atom stereocenters. The second-order valence-electron chi connectivity index (χ2n) is 8.60. The molecular formula is C26H20Br2ClN5O5. The summed E-state index contributed by atoms with van der Waals surface area (Å²) >= 11 is 12.5. The minimum absolute atomic E-state index is 0.124. The molecule has 4 aromatic rings. The van der Waals surface area contributed by atoms with Crippen molar-refractivity contribution in [2.24, 2.45) is 5.10 Å². The van der Waals surface area contributed by atoms with Crippen LogP contribution in [-0.4, -0.2) is 33.3 Å². The van der Waals surface area contributed by atoms with Gasteiger partial charge in [0.2, 0.25) is 5.75 Å². The lowest BCUT2D eigenvalue weighted by Crippen LogP contribution is -2.23. The van der Waals surface area contributed by atoms with Crippen LogP contribution in [0.3, 0.4) is 0 Å². The molecule has 0 aliphatic heterocycles. The van der Waals surface area contributed by atoms with Crippen molar-refractivity contribution in [1.29, 1.82) is 0 Å². The van der Waals surface area contributed by atoms with E-state index >= 15 is 0 Å². The number of amides is 1. The maximum Gasteiger partial charge on any atom is 0.312 e. The van der Waals surface area contributed by atoms with Gasteiger partial charge in [-0.05, 0) is 64.5 Å². The summed E-state index contributed by atoms with van der Waals surface area (Å²) in [5.74, 6) is -0.328. The van der Waals surface area contributed by atoms with Crippen LogP contribution in [0.25, 0.3) is 10.9 Å². The number of benzene rings is 3. The average Bonchev–Trinajstić information content (AvgIpc) is 2.88. The molecule has 3 aromatic carbocycles. The molecule has 0 aliphatic carbocycles. The Morgan fingerprint density at radius 3 is 2.59 bits per heavy atom. The number of nitro groups is 1. The van der Waals surface area contributed by atoms with Crippen LogP contribution in [0.5, 0.6) is 5.75 Å². The second-order valence-corrected chi connectivity index (χ2v) is 10.8. The first-order valence-corrected chi connectivity index (χ1v) is 13.4. The molecule has 1 heterocycles. The predicted octanol–water partition coefficient (Wildman–Crippen LogP) is 6.51. The van der Waals surface area contributed by atoms with Crippen LogP contribution in [0.2, 0.25) is 5.02 Å². The minimum atomic E-state index is -0.630. The standard InChI is InChI=1S/C26H20Br2ClN5O5/c1-14(2)25-32-21-8-3-16(27)11-19(21)26(36)33(25)30-12-15-9-20(28)24(22(10-15)34(37)38)39-13-23(35)31-18-6-4-17(29)5-7-18/h3-12,14H,13H2,1-2H3,(H,31,35). The van der Waals surface area contributed by atoms with Gasteiger partial charge in [0.25, 0.3) is 11.5 Å². The van der Waals surface area contributed by atoms with E-state index in [-0.39, 0.29) is 27.4 Å². The molecule has 4 rings (SSSR count). The Bertz CT molecular complexity index is 1670. The molecule has 0 aliphatic rings. The predicted molar refractivity (Wildman–Crippen MR) is 157 cm³/mol. The smallest absolute Gasteiger partial charge is 0.312 e. The summed E-state index contributed by atoms with van der Waals surface area (Å²) in [7, 11) is 0. The molecule has 1 amide bonds. The highest BCUT2D eigenvalue weighted by molar-refractivity contribution is 9.10. The SMILES string of the molecule is CC(C)c1nc2ccc(Br)cc2c(=O)n1N=Cc1cc(Br)c(OCC(=O)Nc2ccc(Cl)cc2)c([N+](=O)[O-])c1. The van der Waals surface area contributed by atoms with Crippen molar-refractivity contribution >= 4 is 77.9 Å². The van der Waals surface area contributed by atoms with E-state index in [1.807, 2.05) is 13.8 Å². The van der Waals surface area contributed by atoms with Gasteiger partial charge in [-0.25, -0.2) is 4.98 Å². The fourth-order valence-corrected chi connectivity index (χ4v) is 4.66. The van der Waals surface area contributed by atoms with Crippen molar-refractivity contribution in [2.75, 3.05) is 11.9 Å². The zero-order valence-corrected chi connectivity index (χ0v) is 24.4. The van der Waals surface area contributed by atoms with Crippen molar-refractivity contribution in [3.8, 4) is 5.75 Å². The molecule has 1 N–H and O–H groups in total. The van der Waals surface area contributed by atoms with Gasteiger partial charge < -0.3 is 10.1 Å². The third-order valence-corrected chi connectivity index (χ3v) is 6.72. The molecule has 39 heavy (non-hydrogen) atoms. The molecule has 0 spiro atoms. The molecule has 200 valence electrons. The number of hydrogen-bond donors (Lipinski definition) is 1. The van der Waals surface area contributed by atoms with Crippen LogP contribution in [0.4, 0.5) is 11.4 Å². The Morgan fingerprint density at radius 2 is 1.92 bits per heavy atom. The van der Waals surface area contributed by atoms with Crippen LogP contribution >= 0.6 is 43.5 Å². The first-order chi connectivity index (χ1) is 18.5. The van der Waals surface area contributed by atoms with Crippen LogP contribution in [0, 0.1) is 10.1 Å². The Hall–Kier alpha value is -3.61. The quantitative estimate of drug-likeness (QED) is 0.129. The van der Waals surface area contributed by atoms with Crippen molar-refractivity contribution in [3.63, 3.8) is 0 Å². The maximum atomic E-state index is 13.2. The monoisotopic (exact) mass is 675 g/mol. The largest absolute Gasteiger partial charge is 0.476 e. The minimum Gasteiger partial charge on any atom is -0.476 e. The fraction of sp³-hybridized carbons (Fsp3) is 0.154. The molecule has 0 saturated carbocycles. The summed E-state index contributed by atoms with van der Waals surface area (Å²) in [6.45, 7) is 3.30. The number of fused-ring (bicyclic) bond motifs is 1. The number of carbonyl (C=O) groups excluding carboxylic acids is 1. The molecule has 0 bridgehead atoms. The number of hydrogen-bond acceptors (Lipinski definition) is 7. The molecule has 0 fully saturated rings. The van der Waals surface area contributed by atoms with Gasteiger partial charge in [-0.15, -0.1) is 0 Å². The zero-order chi connectivity index (χ0) is 28.3. The number of rotatable bonds is 8. The van der Waals surface area contributed by atoms with Gasteiger partial charge >= 0.3 is 5.69 Å². The summed E-state index contributed by atoms with van der Waals surface area (Å²) in [4.78, 5) is 41.3. The van der Waals surface area contributed by atoms with Crippen LogP contribution in [0.1, 0.15) is 31.2 Å². The third-order valence-electron chi connectivity index (χ3n) is 5.39. The van der Waals surface area contributed by atoms with Crippen molar-refractivity contribution in [2.45, 2.75) is 19.8 Å². The number of aromatic nitrogens is 2. The highest BCUT2D eigenvalue weighted by atomic mass is 79.9. The van der Waals surface area contributed by atoms with Gasteiger partial charge in [0.15, 0.2) is 6.61 Å². The number of halogens is 3. The zero-order valence-electron chi connectivity index (χ0n) is 20.5. The second kappa shape index (κ2) is 12.1. The third kappa shape index (κ3) is 6.70. The van der Waals surface area contributed by atoms with Crippen LogP contribution in [-0.2, 0) is 4.79 Å². The molecule has 10 nitrogen and oxygen atoms in total. The lowest BCUT2D eigenvalue weighted by Gasteiger charge is -2.12. The Morgan fingerprint density at radius 1 is 1.21 bits per heavy atom. The Kier molecular flexibility index (Phi) is 8.78. The molecular weight excluding hydrogens is 658 g/mol. The van der Waals surface area contributed by atoms with E-state index in [2.05, 4.69) is 47.3 Å². The van der Waals surface area contributed by atoms with Crippen molar-refractivity contribution in [3.05, 3.63) is 100 Å². The van der Waals surface area contributed by atoms with Gasteiger partial charge in [0.1, 0.15) is 5.82 Å². The van der Waals surface area contributed by atoms with E-state index in [0.717, 1.165) is 4.47 Å². The fourth-order valence-electron chi connectivity index (χ4n) is 3.60. The number of carbonyl (C=O) groups is 1. The Labute approximate surface area is 244 Å². The highest BCUT2D eigenvalue weighted by Crippen LogP contribution is 2.36. The molecule has 1 aromatic heterocycles. The summed E-state index contributed by atoms with van der Waals surface area (Å²) < 4.78 is 7.63. The normalized spacial score (nSPS) is 11.3. The number of nitrogens with zero attached hydrogens (tertiary/aromatic N) is 4. The van der Waals surface area contributed by atoms with Crippen LogP contribution < -0.4 is 15.6 Å². The number of anilines is 1. The topological polar surface area (TPSA) is 129 Å². The molecule has 0 radical (unpaired) electrons. The molecule has 13 heteroatoms. The maximum absolute atomic E-state index is 13.2. The summed E-state index contributed by atoms with van der Waals surface area (Å²) in [5, 5.41) is 19.7. The summed E-state index contributed by atoms with van der Waals surface area (Å²) in [6.07, 6.45) is 1.33. The summed E-state index contributed by atoms with van der Waals surface area (Å²) in [5.41, 5.74) is 0.601. The van der Waals surface area contributed by atoms with E-state index in [0.29, 0.717) is 33.0 Å². The van der Waals surface area contributed by atoms with E-state index in [9.17, 15) is 19.7 Å². The lowest BCUT2D eigenvalue weighted by molar-refractivity contribution is -0.385. The average molecular weight is 678 g/mol. The molecule has 0 unspecified atom stereocenters. The summed E-state index contributed by atoms with van der Waals surface area (Å²) in [6, 6.07) is 14.5. The number of ether oxygens (including phenoxy) is 1. The number of nitro benzene ring substituents is 1. The molecule has 0 saturated heterocycles. The number of nitrogens with one attached hydrogen (secondary N) is 1. The van der Waals surface area contributed by atoms with Crippen LogP contribution in [0.15, 0.2) is 73.4 Å². The van der Waals surface area contributed by atoms with Gasteiger partial charge in [0, 0.05) is 32.7 Å². The highest BCUT2D eigenvalue weighted by Gasteiger charge is 2.21. The van der Waals surface area contributed by atoms with Gasteiger partial charge in [-0.1, -0.05) is 41.4 Å². The van der Waals surface area contributed by atoms with E-state index in [4.69, 9.17) is 16.3 Å². The van der Waals surface area contributed by atoms with Crippen molar-refractivity contribution in [1.82, 2.24) is 9.66 Å². The van der Waals surface area contributed by atoms with Crippen molar-refractivity contribution < 1.29 is 14.5 Å². The van der Waals surface area contributed by atoms with Gasteiger partial charge in [-0.2, -0.15) is 9.78 Å². The van der Waals surface area contributed by atoms with E-state index < -0.39 is 17.4 Å². The first-order valence-electron chi connectivity index (χ1n) is 11.5. The first kappa shape index (κ1) is 28.4. The Balaban J connectivity index is 1.62. The van der Waals surface area contributed by atoms with E-state index in [1.54, 1.807) is 42.5 Å². The van der Waals surface area contributed by atoms with Gasteiger partial charge in [-0.3, -0.25) is 19.7 Å².